The fraction of sp³-hybridized carbons (Fsp3) is 0.267. The molecule has 2 amide bonds. The lowest BCUT2D eigenvalue weighted by Crippen LogP contribution is -2.20. The molecule has 0 fully saturated rings. The van der Waals surface area contributed by atoms with Crippen LogP contribution in [0.25, 0.3) is 0 Å². The van der Waals surface area contributed by atoms with E-state index in [-0.39, 0.29) is 18.7 Å². The van der Waals surface area contributed by atoms with E-state index in [9.17, 15) is 29.4 Å². The number of nitrogens with one attached hydrogen (secondary N) is 2. The minimum Gasteiger partial charge on any atom is -0.481 e. The molecule has 218 valence electrons. The van der Waals surface area contributed by atoms with Gasteiger partial charge in [0.15, 0.2) is 0 Å². The number of carboxylic acids is 2. The van der Waals surface area contributed by atoms with Crippen LogP contribution < -0.4 is 10.6 Å². The molecule has 2 aromatic heterocycles. The van der Waals surface area contributed by atoms with Gasteiger partial charge in [0.25, 0.3) is 0 Å². The van der Waals surface area contributed by atoms with Crippen molar-refractivity contribution in [1.29, 1.82) is 0 Å². The van der Waals surface area contributed by atoms with Crippen molar-refractivity contribution in [3.63, 3.8) is 0 Å². The van der Waals surface area contributed by atoms with Gasteiger partial charge in [-0.15, -0.1) is 21.5 Å². The zero-order valence-electron chi connectivity index (χ0n) is 22.6. The third-order valence-corrected chi connectivity index (χ3v) is 8.44. The number of carboxylic acid groups (broad SMARTS) is 2. The molecule has 2 atom stereocenters. The molecule has 42 heavy (non-hydrogen) atoms. The highest BCUT2D eigenvalue weighted by atomic mass is 32.1. The number of rotatable bonds is 15. The first-order chi connectivity index (χ1) is 20.3. The Kier molecular flexibility index (Phi) is 10.9. The lowest BCUT2D eigenvalue weighted by Gasteiger charge is -2.12. The maximum Gasteiger partial charge on any atom is 0.311 e. The Morgan fingerprint density at radius 3 is 1.79 bits per heavy atom. The number of carbonyl (C=O) groups excluding carboxylic acids is 2. The molecular formula is C30H30N4O6S2. The average molecular weight is 607 g/mol. The average Bonchev–Trinajstić information content (AvgIpc) is 3.62. The number of aryl methyl sites for hydroxylation is 2. The van der Waals surface area contributed by atoms with Crippen molar-refractivity contribution in [2.75, 3.05) is 10.6 Å². The van der Waals surface area contributed by atoms with Crippen LogP contribution in [-0.2, 0) is 32.0 Å². The number of nitrogens with zero attached hydrogens (tertiary/aromatic N) is 2. The van der Waals surface area contributed by atoms with Crippen molar-refractivity contribution in [2.24, 2.45) is 0 Å². The molecular weight excluding hydrogens is 576 g/mol. The Morgan fingerprint density at radius 1 is 0.667 bits per heavy atom. The molecule has 0 aliphatic carbocycles. The summed E-state index contributed by atoms with van der Waals surface area (Å²) in [7, 11) is 0. The summed E-state index contributed by atoms with van der Waals surface area (Å²) in [5.41, 5.74) is 1.15. The van der Waals surface area contributed by atoms with E-state index in [0.29, 0.717) is 27.7 Å². The number of aliphatic carboxylic acids is 2. The molecule has 0 saturated heterocycles. The number of hydrogen-bond donors (Lipinski definition) is 4. The maximum absolute atomic E-state index is 12.5. The van der Waals surface area contributed by atoms with Crippen LogP contribution >= 0.6 is 22.7 Å². The van der Waals surface area contributed by atoms with Gasteiger partial charge < -0.3 is 20.8 Å². The van der Waals surface area contributed by atoms with Gasteiger partial charge in [-0.1, -0.05) is 72.0 Å². The van der Waals surface area contributed by atoms with Crippen molar-refractivity contribution in [3.8, 4) is 0 Å². The lowest BCUT2D eigenvalue weighted by atomic mass is 9.95. The van der Waals surface area contributed by atoms with Crippen LogP contribution in [0, 0.1) is 0 Å². The number of unbranched alkanes of at least 4 members (excludes halogenated alkanes) is 1. The fourth-order valence-electron chi connectivity index (χ4n) is 4.36. The summed E-state index contributed by atoms with van der Waals surface area (Å²) in [6.07, 6.45) is 2.85. The van der Waals surface area contributed by atoms with Gasteiger partial charge in [-0.3, -0.25) is 19.2 Å². The number of benzene rings is 2. The summed E-state index contributed by atoms with van der Waals surface area (Å²) < 4.78 is 0. The molecule has 10 nitrogen and oxygen atoms in total. The standard InChI is InChI=1S/C30H30N4O6S2/c35-24(17-22(28(37)38)19-9-3-1-4-10-19)31-26-16-15-21(41-26)13-7-8-14-27-33-34-30(42-27)32-25(36)18-23(29(39)40)20-11-5-2-6-12-20/h1-6,9-12,15-16,22-23H,7-8,13-14,17-18H2,(H,31,35)(H,37,38)(H,39,40)(H,32,34,36). The topological polar surface area (TPSA) is 159 Å². The van der Waals surface area contributed by atoms with Gasteiger partial charge in [0, 0.05) is 24.1 Å². The van der Waals surface area contributed by atoms with E-state index >= 15 is 0 Å². The molecule has 0 aliphatic rings. The van der Waals surface area contributed by atoms with Crippen LogP contribution in [0.2, 0.25) is 0 Å². The molecule has 0 bridgehead atoms. The van der Waals surface area contributed by atoms with Crippen LogP contribution in [-0.4, -0.2) is 44.2 Å². The molecule has 12 heteroatoms. The second kappa shape index (κ2) is 15.0. The summed E-state index contributed by atoms with van der Waals surface area (Å²) in [6, 6.07) is 21.1. The first kappa shape index (κ1) is 30.5. The van der Waals surface area contributed by atoms with Gasteiger partial charge in [-0.05, 0) is 42.5 Å². The first-order valence-electron chi connectivity index (χ1n) is 13.3. The molecule has 2 unspecified atom stereocenters. The van der Waals surface area contributed by atoms with E-state index in [0.717, 1.165) is 29.1 Å². The third-order valence-electron chi connectivity index (χ3n) is 6.48. The summed E-state index contributed by atoms with van der Waals surface area (Å²) in [6.45, 7) is 0. The van der Waals surface area contributed by atoms with Gasteiger partial charge in [0.1, 0.15) is 5.01 Å². The molecule has 4 aromatic rings. The molecule has 0 saturated carbocycles. The quantitative estimate of drug-likeness (QED) is 0.128. The molecule has 0 spiro atoms. The van der Waals surface area contributed by atoms with Crippen LogP contribution in [0.3, 0.4) is 0 Å². The summed E-state index contributed by atoms with van der Waals surface area (Å²) in [5, 5.41) is 34.5. The minimum absolute atomic E-state index is 0.149. The smallest absolute Gasteiger partial charge is 0.311 e. The molecule has 2 aromatic carbocycles. The monoisotopic (exact) mass is 606 g/mol. The van der Waals surface area contributed by atoms with Crippen molar-refractivity contribution in [1.82, 2.24) is 10.2 Å². The van der Waals surface area contributed by atoms with Crippen molar-refractivity contribution in [3.05, 3.63) is 93.8 Å². The Hall–Kier alpha value is -4.42. The highest BCUT2D eigenvalue weighted by Gasteiger charge is 2.24. The predicted molar refractivity (Wildman–Crippen MR) is 161 cm³/mol. The van der Waals surface area contributed by atoms with Crippen molar-refractivity contribution in [2.45, 2.75) is 50.4 Å². The molecule has 4 rings (SSSR count). The highest BCUT2D eigenvalue weighted by Crippen LogP contribution is 2.27. The van der Waals surface area contributed by atoms with Crippen molar-refractivity contribution < 1.29 is 29.4 Å². The fourth-order valence-corrected chi connectivity index (χ4v) is 6.12. The van der Waals surface area contributed by atoms with Gasteiger partial charge in [0.2, 0.25) is 16.9 Å². The normalized spacial score (nSPS) is 12.3. The number of amides is 2. The number of aromatic nitrogens is 2. The van der Waals surface area contributed by atoms with Crippen LogP contribution in [0.1, 0.15) is 58.5 Å². The Labute approximate surface area is 250 Å². The molecule has 2 heterocycles. The number of carbonyl (C=O) groups is 4. The third kappa shape index (κ3) is 9.05. The zero-order chi connectivity index (χ0) is 29.9. The highest BCUT2D eigenvalue weighted by molar-refractivity contribution is 7.16. The summed E-state index contributed by atoms with van der Waals surface area (Å²) in [4.78, 5) is 49.4. The SMILES string of the molecule is O=C(CC(C(=O)O)c1ccccc1)Nc1ccc(CCCCc2nnc(NC(=O)CC(C(=O)O)c3ccccc3)s2)s1. The van der Waals surface area contributed by atoms with Gasteiger partial charge in [-0.25, -0.2) is 0 Å². The Morgan fingerprint density at radius 2 is 1.21 bits per heavy atom. The minimum atomic E-state index is -1.07. The Bertz CT molecular complexity index is 1390. The number of thiophene rings is 1. The largest absolute Gasteiger partial charge is 0.481 e. The maximum atomic E-state index is 12.5. The lowest BCUT2D eigenvalue weighted by molar-refractivity contribution is -0.140. The van der Waals surface area contributed by atoms with E-state index in [4.69, 9.17) is 0 Å². The van der Waals surface area contributed by atoms with E-state index < -0.39 is 29.7 Å². The van der Waals surface area contributed by atoms with E-state index in [1.807, 2.05) is 12.1 Å². The predicted octanol–water partition coefficient (Wildman–Crippen LogP) is 5.56. The second-order valence-corrected chi connectivity index (χ2v) is 11.8. The Balaban J connectivity index is 1.18. The van der Waals surface area contributed by atoms with Crippen molar-refractivity contribution >= 4 is 56.6 Å². The van der Waals surface area contributed by atoms with E-state index in [2.05, 4.69) is 20.8 Å². The van der Waals surface area contributed by atoms with Crippen LogP contribution in [0.4, 0.5) is 10.1 Å². The second-order valence-electron chi connectivity index (χ2n) is 9.58. The molecule has 0 radical (unpaired) electrons. The number of anilines is 2. The van der Waals surface area contributed by atoms with Gasteiger partial charge >= 0.3 is 11.9 Å². The van der Waals surface area contributed by atoms with Gasteiger partial charge in [0.05, 0.1) is 16.8 Å². The molecule has 0 aliphatic heterocycles. The summed E-state index contributed by atoms with van der Waals surface area (Å²) >= 11 is 2.73. The van der Waals surface area contributed by atoms with Crippen LogP contribution in [0.15, 0.2) is 72.8 Å². The van der Waals surface area contributed by atoms with Crippen LogP contribution in [0.5, 0.6) is 0 Å². The van der Waals surface area contributed by atoms with Gasteiger partial charge in [-0.2, -0.15) is 0 Å². The first-order valence-corrected chi connectivity index (χ1v) is 15.0. The zero-order valence-corrected chi connectivity index (χ0v) is 24.2. The van der Waals surface area contributed by atoms with E-state index in [1.54, 1.807) is 60.7 Å². The molecule has 4 N–H and O–H groups in total. The summed E-state index contributed by atoms with van der Waals surface area (Å²) in [5.74, 6) is -4.74. The number of hydrogen-bond acceptors (Lipinski definition) is 8. The van der Waals surface area contributed by atoms with E-state index in [1.165, 1.54) is 22.7 Å².